The minimum Gasteiger partial charge on any atom is -0.330 e. The van der Waals surface area contributed by atoms with Crippen LogP contribution in [0.5, 0.6) is 0 Å². The number of anilines is 1. The van der Waals surface area contributed by atoms with Gasteiger partial charge in [0.15, 0.2) is 9.84 Å². The molecule has 7 heteroatoms. The molecule has 0 radical (unpaired) electrons. The summed E-state index contributed by atoms with van der Waals surface area (Å²) in [5.74, 6) is -0.155. The molecule has 104 valence electrons. The van der Waals surface area contributed by atoms with E-state index < -0.39 is 15.1 Å². The van der Waals surface area contributed by atoms with Gasteiger partial charge < -0.3 is 10.6 Å². The van der Waals surface area contributed by atoms with Crippen LogP contribution in [0.3, 0.4) is 0 Å². The number of halogens is 1. The first-order chi connectivity index (χ1) is 8.89. The first-order valence-corrected chi connectivity index (χ1v) is 8.26. The normalized spacial score (nSPS) is 21.0. The Morgan fingerprint density at radius 3 is 2.84 bits per heavy atom. The molecule has 1 aromatic rings. The van der Waals surface area contributed by atoms with E-state index in [1.807, 2.05) is 0 Å². The minimum absolute atomic E-state index is 0.155. The molecular formula is C12H15BrN2O3S. The highest BCUT2D eigenvalue weighted by Gasteiger charge is 2.37. The molecule has 1 unspecified atom stereocenters. The highest BCUT2D eigenvalue weighted by atomic mass is 79.9. The molecule has 2 rings (SSSR count). The Hall–Kier alpha value is -0.920. The average Bonchev–Trinajstić information content (AvgIpc) is 2.34. The lowest BCUT2D eigenvalue weighted by Gasteiger charge is -2.33. The van der Waals surface area contributed by atoms with E-state index in [9.17, 15) is 13.2 Å². The first-order valence-electron chi connectivity index (χ1n) is 5.92. The number of fused-ring (bicyclic) bond motifs is 1. The van der Waals surface area contributed by atoms with Gasteiger partial charge in [0.2, 0.25) is 5.91 Å². The van der Waals surface area contributed by atoms with Crippen molar-refractivity contribution in [3.05, 3.63) is 22.7 Å². The first kappa shape index (κ1) is 14.5. The predicted octanol–water partition coefficient (Wildman–Crippen LogP) is 1.31. The van der Waals surface area contributed by atoms with Gasteiger partial charge in [-0.25, -0.2) is 8.42 Å². The number of carbonyl (C=O) groups is 1. The predicted molar refractivity (Wildman–Crippen MR) is 76.8 cm³/mol. The summed E-state index contributed by atoms with van der Waals surface area (Å²) >= 11 is 3.32. The lowest BCUT2D eigenvalue weighted by atomic mass is 10.2. The standard InChI is InChI=1S/C12H15BrN2O3S/c1-8-7-15(11(16)5-6-14)12-9(13)3-2-4-10(12)19(8,17)18/h2-4,8H,5-7,14H2,1H3. The number of nitrogens with two attached hydrogens (primary N) is 1. The van der Waals surface area contributed by atoms with Crippen molar-refractivity contribution in [2.45, 2.75) is 23.5 Å². The van der Waals surface area contributed by atoms with Crippen molar-refractivity contribution in [3.63, 3.8) is 0 Å². The molecule has 0 aromatic heterocycles. The summed E-state index contributed by atoms with van der Waals surface area (Å²) in [7, 11) is -3.38. The Morgan fingerprint density at radius 2 is 2.21 bits per heavy atom. The number of hydrogen-bond acceptors (Lipinski definition) is 4. The molecule has 1 aliphatic rings. The SMILES string of the molecule is CC1CN(C(=O)CCN)c2c(Br)cccc2S1(=O)=O. The van der Waals surface area contributed by atoms with Gasteiger partial charge >= 0.3 is 0 Å². The van der Waals surface area contributed by atoms with E-state index in [0.717, 1.165) is 0 Å². The van der Waals surface area contributed by atoms with Crippen LogP contribution in [0.15, 0.2) is 27.6 Å². The molecule has 1 aliphatic heterocycles. The Bertz CT molecular complexity index is 615. The van der Waals surface area contributed by atoms with Crippen LogP contribution in [0.4, 0.5) is 5.69 Å². The number of hydrogen-bond donors (Lipinski definition) is 1. The number of rotatable bonds is 2. The molecule has 1 amide bonds. The second-order valence-corrected chi connectivity index (χ2v) is 7.67. The average molecular weight is 347 g/mol. The van der Waals surface area contributed by atoms with Crippen molar-refractivity contribution in [3.8, 4) is 0 Å². The Labute approximate surface area is 120 Å². The van der Waals surface area contributed by atoms with Crippen molar-refractivity contribution in [1.82, 2.24) is 0 Å². The molecule has 1 atom stereocenters. The summed E-state index contributed by atoms with van der Waals surface area (Å²) in [6, 6.07) is 4.92. The molecule has 1 aromatic carbocycles. The summed E-state index contributed by atoms with van der Waals surface area (Å²) in [5.41, 5.74) is 5.83. The molecule has 0 saturated carbocycles. The molecule has 0 bridgehead atoms. The topological polar surface area (TPSA) is 80.5 Å². The monoisotopic (exact) mass is 346 g/mol. The van der Waals surface area contributed by atoms with Gasteiger partial charge in [-0.2, -0.15) is 0 Å². The second-order valence-electron chi connectivity index (χ2n) is 4.49. The fraction of sp³-hybridized carbons (Fsp3) is 0.417. The third kappa shape index (κ3) is 2.42. The highest BCUT2D eigenvalue weighted by molar-refractivity contribution is 9.10. The summed E-state index contributed by atoms with van der Waals surface area (Å²) in [6.07, 6.45) is 0.202. The zero-order valence-corrected chi connectivity index (χ0v) is 12.9. The third-order valence-corrected chi connectivity index (χ3v) is 5.95. The van der Waals surface area contributed by atoms with Gasteiger partial charge in [-0.3, -0.25) is 4.79 Å². The van der Waals surface area contributed by atoms with Crippen LogP contribution in [0, 0.1) is 0 Å². The molecule has 2 N–H and O–H groups in total. The Balaban J connectivity index is 2.61. The van der Waals surface area contributed by atoms with Crippen molar-refractivity contribution in [2.24, 2.45) is 5.73 Å². The fourth-order valence-electron chi connectivity index (χ4n) is 2.14. The molecule has 0 fully saturated rings. The lowest BCUT2D eigenvalue weighted by molar-refractivity contribution is -0.118. The number of amides is 1. The molecule has 19 heavy (non-hydrogen) atoms. The zero-order valence-electron chi connectivity index (χ0n) is 10.5. The molecule has 1 heterocycles. The van der Waals surface area contributed by atoms with E-state index in [1.165, 1.54) is 11.0 Å². The van der Waals surface area contributed by atoms with Crippen LogP contribution in [-0.4, -0.2) is 32.7 Å². The van der Waals surface area contributed by atoms with Crippen LogP contribution in [-0.2, 0) is 14.6 Å². The van der Waals surface area contributed by atoms with Crippen molar-refractivity contribution in [1.29, 1.82) is 0 Å². The molecule has 0 spiro atoms. The summed E-state index contributed by atoms with van der Waals surface area (Å²) < 4.78 is 25.2. The van der Waals surface area contributed by atoms with Crippen LogP contribution >= 0.6 is 15.9 Å². The van der Waals surface area contributed by atoms with Gasteiger partial charge in [0, 0.05) is 24.0 Å². The van der Waals surface area contributed by atoms with Gasteiger partial charge in [0.25, 0.3) is 0 Å². The van der Waals surface area contributed by atoms with E-state index in [0.29, 0.717) is 10.2 Å². The third-order valence-electron chi connectivity index (χ3n) is 3.15. The second kappa shape index (κ2) is 5.22. The fourth-order valence-corrected chi connectivity index (χ4v) is 4.38. The van der Waals surface area contributed by atoms with Crippen LogP contribution in [0.1, 0.15) is 13.3 Å². The smallest absolute Gasteiger partial charge is 0.228 e. The van der Waals surface area contributed by atoms with Crippen molar-refractivity contribution in [2.75, 3.05) is 18.0 Å². The Kier molecular flexibility index (Phi) is 3.98. The van der Waals surface area contributed by atoms with Crippen LogP contribution < -0.4 is 10.6 Å². The zero-order chi connectivity index (χ0) is 14.2. The van der Waals surface area contributed by atoms with E-state index in [1.54, 1.807) is 19.1 Å². The molecule has 0 aliphatic carbocycles. The summed E-state index contributed by atoms with van der Waals surface area (Å²) in [6.45, 7) is 2.02. The quantitative estimate of drug-likeness (QED) is 0.875. The van der Waals surface area contributed by atoms with Crippen LogP contribution in [0.2, 0.25) is 0 Å². The maximum Gasteiger partial charge on any atom is 0.228 e. The largest absolute Gasteiger partial charge is 0.330 e. The maximum absolute atomic E-state index is 12.3. The van der Waals surface area contributed by atoms with Crippen molar-refractivity contribution >= 4 is 37.4 Å². The van der Waals surface area contributed by atoms with E-state index in [-0.39, 0.29) is 30.3 Å². The molecule has 0 saturated heterocycles. The van der Waals surface area contributed by atoms with Gasteiger partial charge in [0.05, 0.1) is 15.8 Å². The van der Waals surface area contributed by atoms with Gasteiger partial charge in [-0.15, -0.1) is 0 Å². The van der Waals surface area contributed by atoms with E-state index in [4.69, 9.17) is 5.73 Å². The highest BCUT2D eigenvalue weighted by Crippen LogP contribution is 2.39. The number of carbonyl (C=O) groups excluding carboxylic acids is 1. The van der Waals surface area contributed by atoms with Crippen LogP contribution in [0.25, 0.3) is 0 Å². The van der Waals surface area contributed by atoms with E-state index in [2.05, 4.69) is 15.9 Å². The number of sulfone groups is 1. The number of nitrogens with zero attached hydrogens (tertiary/aromatic N) is 1. The lowest BCUT2D eigenvalue weighted by Crippen LogP contribution is -2.45. The minimum atomic E-state index is -3.38. The Morgan fingerprint density at radius 1 is 1.53 bits per heavy atom. The van der Waals surface area contributed by atoms with Gasteiger partial charge in [-0.1, -0.05) is 6.07 Å². The number of para-hydroxylation sites is 1. The van der Waals surface area contributed by atoms with Gasteiger partial charge in [-0.05, 0) is 35.0 Å². The summed E-state index contributed by atoms with van der Waals surface area (Å²) in [5, 5.41) is -0.615. The van der Waals surface area contributed by atoms with Gasteiger partial charge in [0.1, 0.15) is 0 Å². The van der Waals surface area contributed by atoms with E-state index >= 15 is 0 Å². The molecule has 5 nitrogen and oxygen atoms in total. The van der Waals surface area contributed by atoms with Crippen molar-refractivity contribution < 1.29 is 13.2 Å². The maximum atomic E-state index is 12.3. The summed E-state index contributed by atoms with van der Waals surface area (Å²) in [4.78, 5) is 13.8. The number of benzene rings is 1. The molecular weight excluding hydrogens is 332 g/mol.